The molecule has 4 aromatic rings. The minimum absolute atomic E-state index is 0.0200. The van der Waals surface area contributed by atoms with E-state index in [0.717, 1.165) is 74.2 Å². The zero-order valence-corrected chi connectivity index (χ0v) is 39.2. The van der Waals surface area contributed by atoms with Crippen molar-refractivity contribution < 1.29 is 28.0 Å². The fourth-order valence-corrected chi connectivity index (χ4v) is 11.0. The molecule has 9 rings (SSSR count). The summed E-state index contributed by atoms with van der Waals surface area (Å²) in [5.74, 6) is 0.518. The van der Waals surface area contributed by atoms with E-state index in [1.165, 1.54) is 17.0 Å². The number of anilines is 3. The third-order valence-electron chi connectivity index (χ3n) is 14.8. The van der Waals surface area contributed by atoms with Crippen LogP contribution < -0.4 is 27.0 Å². The predicted octanol–water partition coefficient (Wildman–Crippen LogP) is 4.82. The number of rotatable bonds is 12. The van der Waals surface area contributed by atoms with Gasteiger partial charge >= 0.3 is 5.69 Å². The van der Waals surface area contributed by atoms with Crippen molar-refractivity contribution in [3.05, 3.63) is 75.0 Å². The minimum Gasteiger partial charge on any atom is -0.404 e. The maximum Gasteiger partial charge on any atom is 0.329 e. The monoisotopic (exact) mass is 936 g/mol. The zero-order valence-electron chi connectivity index (χ0n) is 39.2. The van der Waals surface area contributed by atoms with E-state index in [-0.39, 0.29) is 47.9 Å². The highest BCUT2D eigenvalue weighted by Crippen LogP contribution is 2.43. The van der Waals surface area contributed by atoms with Gasteiger partial charge in [-0.1, -0.05) is 0 Å². The molecule has 17 nitrogen and oxygen atoms in total. The van der Waals surface area contributed by atoms with E-state index < -0.39 is 18.4 Å². The molecular weight excluding hydrogens is 875 g/mol. The number of hydrogen-bond acceptors (Lipinski definition) is 11. The fourth-order valence-electron chi connectivity index (χ4n) is 11.0. The van der Waals surface area contributed by atoms with Crippen LogP contribution in [0.15, 0.2) is 46.3 Å². The molecule has 19 heteroatoms. The van der Waals surface area contributed by atoms with Gasteiger partial charge in [0.15, 0.2) is 5.82 Å². The highest BCUT2D eigenvalue weighted by molar-refractivity contribution is 6.10. The van der Waals surface area contributed by atoms with E-state index in [9.17, 15) is 32.8 Å². The first-order chi connectivity index (χ1) is 32.8. The molecule has 0 bridgehead atoms. The number of fused-ring (bicyclic) bond motifs is 3. The summed E-state index contributed by atoms with van der Waals surface area (Å²) in [6.07, 6.45) is 6.64. The van der Waals surface area contributed by atoms with Crippen molar-refractivity contribution in [3.63, 3.8) is 0 Å². The number of hydrogen-bond donors (Lipinski definition) is 3. The molecule has 1 unspecified atom stereocenters. The molecular formula is C49H62F2N12O5. The first-order valence-corrected chi connectivity index (χ1v) is 24.0. The summed E-state index contributed by atoms with van der Waals surface area (Å²) in [7, 11) is 3.27. The van der Waals surface area contributed by atoms with E-state index in [2.05, 4.69) is 30.1 Å². The van der Waals surface area contributed by atoms with Gasteiger partial charge in [-0.3, -0.25) is 43.3 Å². The highest BCUT2D eigenvalue weighted by atomic mass is 19.3. The van der Waals surface area contributed by atoms with Gasteiger partial charge in [-0.15, -0.1) is 0 Å². The van der Waals surface area contributed by atoms with Crippen LogP contribution in [0.25, 0.3) is 16.6 Å². The van der Waals surface area contributed by atoms with Gasteiger partial charge < -0.3 is 30.7 Å². The van der Waals surface area contributed by atoms with Gasteiger partial charge in [0.25, 0.3) is 6.43 Å². The van der Waals surface area contributed by atoms with Crippen molar-refractivity contribution >= 4 is 63.6 Å². The van der Waals surface area contributed by atoms with Gasteiger partial charge in [0, 0.05) is 126 Å². The third-order valence-corrected chi connectivity index (χ3v) is 14.8. The molecule has 0 radical (unpaired) electrons. The molecule has 4 amide bonds. The summed E-state index contributed by atoms with van der Waals surface area (Å²) in [5.41, 5.74) is 12.2. The summed E-state index contributed by atoms with van der Waals surface area (Å²) in [5, 5.41) is 11.2. The number of imidazole rings is 1. The average Bonchev–Trinajstić information content (AvgIpc) is 3.84. The number of aryl methyl sites for hydroxylation is 2. The van der Waals surface area contributed by atoms with Crippen molar-refractivity contribution in [1.82, 2.24) is 38.9 Å². The van der Waals surface area contributed by atoms with Crippen LogP contribution in [-0.4, -0.2) is 123 Å². The van der Waals surface area contributed by atoms with Crippen LogP contribution in [0, 0.1) is 5.92 Å². The molecule has 0 aliphatic carbocycles. The van der Waals surface area contributed by atoms with Gasteiger partial charge in [-0.2, -0.15) is 5.10 Å². The Kier molecular flexibility index (Phi) is 13.5. The molecule has 5 aliphatic heterocycles. The highest BCUT2D eigenvalue weighted by Gasteiger charge is 2.36. The number of halogens is 2. The predicted molar refractivity (Wildman–Crippen MR) is 256 cm³/mol. The molecule has 68 heavy (non-hydrogen) atoms. The van der Waals surface area contributed by atoms with Crippen molar-refractivity contribution in [2.24, 2.45) is 23.7 Å². The Bertz CT molecular complexity index is 2720. The Hall–Kier alpha value is -6.37. The lowest BCUT2D eigenvalue weighted by Gasteiger charge is -2.35. The first-order valence-electron chi connectivity index (χ1n) is 24.0. The number of aliphatic imine (C=N–C) groups is 1. The number of alkyl halides is 2. The number of allylic oxidation sites excluding steroid dienone is 1. The van der Waals surface area contributed by atoms with Crippen LogP contribution in [0.3, 0.4) is 0 Å². The second-order valence-electron chi connectivity index (χ2n) is 18.9. The average molecular weight is 937 g/mol. The first kappa shape index (κ1) is 46.7. The zero-order chi connectivity index (χ0) is 47.8. The molecule has 7 heterocycles. The molecule has 4 N–H and O–H groups in total. The minimum atomic E-state index is -2.74. The van der Waals surface area contributed by atoms with Crippen molar-refractivity contribution in [3.8, 4) is 0 Å². The summed E-state index contributed by atoms with van der Waals surface area (Å²) in [4.78, 5) is 76.0. The second-order valence-corrected chi connectivity index (χ2v) is 18.9. The number of nitrogens with zero attached hydrogens (tertiary/aromatic N) is 9. The number of piperidine rings is 3. The maximum absolute atomic E-state index is 14.7. The van der Waals surface area contributed by atoms with E-state index in [1.807, 2.05) is 34.1 Å². The molecule has 1 atom stereocenters. The number of aromatic nitrogens is 4. The lowest BCUT2D eigenvalue weighted by molar-refractivity contribution is -0.136. The van der Waals surface area contributed by atoms with Crippen LogP contribution in [0.5, 0.6) is 0 Å². The van der Waals surface area contributed by atoms with Crippen LogP contribution in [0.2, 0.25) is 0 Å². The van der Waals surface area contributed by atoms with Gasteiger partial charge in [0.1, 0.15) is 6.04 Å². The quantitative estimate of drug-likeness (QED) is 0.131. The molecule has 2 aromatic heterocycles. The topological polar surface area (TPSA) is 188 Å². The summed E-state index contributed by atoms with van der Waals surface area (Å²) < 4.78 is 34.6. The Morgan fingerprint density at radius 3 is 2.44 bits per heavy atom. The normalized spacial score (nSPS) is 20.1. The van der Waals surface area contributed by atoms with Gasteiger partial charge in [-0.05, 0) is 105 Å². The summed E-state index contributed by atoms with van der Waals surface area (Å²) >= 11 is 0. The number of carbonyl (C=O) groups excluding carboxylic acids is 4. The number of likely N-dealkylation sites (tertiary alicyclic amines) is 2. The standard InChI is InChI=1S/C49H62F2N12O5/c1-30(64)60-22-14-39-38(29-60)47(61-16-4-5-32-23-36(33(26-52)28-53-2)37(46(50)51)25-42(32)61)56-63(39)35-12-20-59(21-13-35)45(66)15-19-58-17-10-31(11-18-58)27-54-34-6-7-40-43(24-34)57(3)49(68)62(40)41-8-9-44(65)55-48(41)67/h6-7,23-26,28,31,35,41,46,54H,4-5,8-22,27,29,52H2,1-3H3,(H,55,65,67). The second kappa shape index (κ2) is 19.7. The molecule has 3 fully saturated rings. The van der Waals surface area contributed by atoms with Crippen LogP contribution in [0.4, 0.5) is 26.0 Å². The summed E-state index contributed by atoms with van der Waals surface area (Å²) in [6, 6.07) is 8.44. The lowest BCUT2D eigenvalue weighted by Crippen LogP contribution is -2.44. The SMILES string of the molecule is CN=CC(=CN)c1cc2c(cc1C(F)F)N(c1nn(C3CCN(C(=O)CCN4CCC(CNc5ccc6c(c5)n(C)c(=O)n6C5CCC(=O)NC5=O)CC4)CC3)c3c1CN(C(C)=O)CC3)CCC2. The van der Waals surface area contributed by atoms with Gasteiger partial charge in [-0.25, -0.2) is 13.6 Å². The van der Waals surface area contributed by atoms with Gasteiger partial charge in [0.2, 0.25) is 23.6 Å². The largest absolute Gasteiger partial charge is 0.404 e. The van der Waals surface area contributed by atoms with E-state index in [1.54, 1.807) is 31.7 Å². The van der Waals surface area contributed by atoms with Gasteiger partial charge in [0.05, 0.1) is 23.6 Å². The maximum atomic E-state index is 14.7. The Morgan fingerprint density at radius 2 is 1.74 bits per heavy atom. The smallest absolute Gasteiger partial charge is 0.329 e. The molecule has 0 spiro atoms. The van der Waals surface area contributed by atoms with Crippen LogP contribution in [-0.2, 0) is 45.6 Å². The summed E-state index contributed by atoms with van der Waals surface area (Å²) in [6.45, 7) is 7.68. The Morgan fingerprint density at radius 1 is 0.956 bits per heavy atom. The van der Waals surface area contributed by atoms with Crippen molar-refractivity contribution in [2.75, 3.05) is 69.6 Å². The number of imide groups is 1. The molecule has 5 aliphatic rings. The van der Waals surface area contributed by atoms with E-state index in [0.29, 0.717) is 98.1 Å². The number of nitrogens with two attached hydrogens (primary N) is 1. The number of amides is 4. The number of carbonyl (C=O) groups is 4. The molecule has 0 saturated carbocycles. The van der Waals surface area contributed by atoms with E-state index in [4.69, 9.17) is 10.8 Å². The molecule has 3 saturated heterocycles. The van der Waals surface area contributed by atoms with Crippen molar-refractivity contribution in [1.29, 1.82) is 0 Å². The number of benzene rings is 2. The van der Waals surface area contributed by atoms with Crippen molar-refractivity contribution in [2.45, 2.75) is 96.2 Å². The third kappa shape index (κ3) is 9.16. The lowest BCUT2D eigenvalue weighted by atomic mass is 9.92. The Balaban J connectivity index is 0.796. The fraction of sp³-hybridized carbons (Fsp3) is 0.531. The van der Waals surface area contributed by atoms with Crippen LogP contribution in [0.1, 0.15) is 105 Å². The Labute approximate surface area is 394 Å². The van der Waals surface area contributed by atoms with Crippen LogP contribution >= 0.6 is 0 Å². The van der Waals surface area contributed by atoms with E-state index >= 15 is 0 Å². The molecule has 2 aromatic carbocycles. The number of nitrogens with one attached hydrogen (secondary N) is 2. The molecule has 362 valence electrons.